The lowest BCUT2D eigenvalue weighted by atomic mass is 9.78. The van der Waals surface area contributed by atoms with Gasteiger partial charge in [-0.3, -0.25) is 14.5 Å². The zero-order valence-electron chi connectivity index (χ0n) is 23.1. The summed E-state index contributed by atoms with van der Waals surface area (Å²) in [5.41, 5.74) is 3.32. The second-order valence-corrected chi connectivity index (χ2v) is 10.6. The van der Waals surface area contributed by atoms with E-state index in [4.69, 9.17) is 4.74 Å². The van der Waals surface area contributed by atoms with Crippen LogP contribution < -0.4 is 15.0 Å². The minimum Gasteiger partial charge on any atom is -0.497 e. The SMILES string of the molecule is CCCCCC(=O)N1c2ccccc2NC2=C(C(=O)C[C@@H](c3ccc(C(F)(F)F)cc3)C2)[C@@H]1c1ccc(OC)cc1. The number of nitrogens with one attached hydrogen (secondary N) is 1. The summed E-state index contributed by atoms with van der Waals surface area (Å²) < 4.78 is 44.9. The van der Waals surface area contributed by atoms with Crippen LogP contribution in [0.4, 0.5) is 24.5 Å². The average molecular weight is 563 g/mol. The number of rotatable bonds is 7. The molecule has 0 bridgehead atoms. The molecule has 3 aromatic carbocycles. The van der Waals surface area contributed by atoms with Crippen molar-refractivity contribution in [1.82, 2.24) is 0 Å². The molecule has 1 aliphatic heterocycles. The Balaban J connectivity index is 1.61. The van der Waals surface area contributed by atoms with Crippen molar-refractivity contribution in [2.75, 3.05) is 17.3 Å². The predicted molar refractivity (Wildman–Crippen MR) is 153 cm³/mol. The maximum absolute atomic E-state index is 14.0. The summed E-state index contributed by atoms with van der Waals surface area (Å²) in [6, 6.07) is 19.3. The Bertz CT molecular complexity index is 1450. The summed E-state index contributed by atoms with van der Waals surface area (Å²) in [7, 11) is 1.58. The molecule has 1 N–H and O–H groups in total. The number of hydrogen-bond acceptors (Lipinski definition) is 4. The van der Waals surface area contributed by atoms with Crippen molar-refractivity contribution >= 4 is 23.1 Å². The Labute approximate surface area is 238 Å². The van der Waals surface area contributed by atoms with Gasteiger partial charge in [0.15, 0.2) is 5.78 Å². The molecule has 0 spiro atoms. The number of hydrogen-bond donors (Lipinski definition) is 1. The number of carbonyl (C=O) groups excluding carboxylic acids is 2. The summed E-state index contributed by atoms with van der Waals surface area (Å²) in [4.78, 5) is 29.7. The monoisotopic (exact) mass is 562 g/mol. The Hall–Kier alpha value is -4.07. The number of nitrogens with zero attached hydrogens (tertiary/aromatic N) is 1. The van der Waals surface area contributed by atoms with Crippen LogP contribution in [0.5, 0.6) is 5.75 Å². The minimum absolute atomic E-state index is 0.0695. The zero-order chi connectivity index (χ0) is 29.1. The number of benzene rings is 3. The lowest BCUT2D eigenvalue weighted by Crippen LogP contribution is -2.38. The topological polar surface area (TPSA) is 58.6 Å². The van der Waals surface area contributed by atoms with Crippen LogP contribution in [-0.4, -0.2) is 18.8 Å². The van der Waals surface area contributed by atoms with Gasteiger partial charge in [-0.25, -0.2) is 0 Å². The molecule has 0 saturated heterocycles. The van der Waals surface area contributed by atoms with Crippen LogP contribution >= 0.6 is 0 Å². The van der Waals surface area contributed by atoms with Gasteiger partial charge in [-0.05, 0) is 66.3 Å². The molecule has 8 heteroatoms. The molecule has 2 atom stereocenters. The maximum atomic E-state index is 14.0. The van der Waals surface area contributed by atoms with Gasteiger partial charge < -0.3 is 10.1 Å². The number of carbonyl (C=O) groups is 2. The molecule has 214 valence electrons. The van der Waals surface area contributed by atoms with Crippen LogP contribution in [0.1, 0.15) is 74.1 Å². The van der Waals surface area contributed by atoms with Crippen LogP contribution in [0.2, 0.25) is 0 Å². The number of unbranched alkanes of at least 4 members (excludes halogenated alkanes) is 2. The molecule has 1 amide bonds. The van der Waals surface area contributed by atoms with Crippen molar-refractivity contribution < 1.29 is 27.5 Å². The summed E-state index contributed by atoms with van der Waals surface area (Å²) in [5, 5.41) is 3.46. The Morgan fingerprint density at radius 2 is 1.63 bits per heavy atom. The molecule has 0 saturated carbocycles. The fourth-order valence-electron chi connectivity index (χ4n) is 5.79. The molecule has 0 unspecified atom stereocenters. The summed E-state index contributed by atoms with van der Waals surface area (Å²) >= 11 is 0. The first-order chi connectivity index (χ1) is 19.7. The fourth-order valence-corrected chi connectivity index (χ4v) is 5.79. The normalized spacial score (nSPS) is 18.8. The molecule has 41 heavy (non-hydrogen) atoms. The molecule has 0 fully saturated rings. The van der Waals surface area contributed by atoms with Crippen molar-refractivity contribution in [3.63, 3.8) is 0 Å². The van der Waals surface area contributed by atoms with Crippen molar-refractivity contribution in [2.45, 2.75) is 63.6 Å². The Morgan fingerprint density at radius 1 is 0.951 bits per heavy atom. The Morgan fingerprint density at radius 3 is 2.29 bits per heavy atom. The first-order valence-corrected chi connectivity index (χ1v) is 14.0. The van der Waals surface area contributed by atoms with E-state index >= 15 is 0 Å². The van der Waals surface area contributed by atoms with Crippen LogP contribution in [0.25, 0.3) is 0 Å². The number of Topliss-reactive ketones (excluding diaryl/α,β-unsaturated/α-hetero) is 1. The van der Waals surface area contributed by atoms with Crippen LogP contribution in [-0.2, 0) is 15.8 Å². The van der Waals surface area contributed by atoms with Crippen molar-refractivity contribution in [3.05, 3.63) is 101 Å². The minimum atomic E-state index is -4.43. The third kappa shape index (κ3) is 5.87. The summed E-state index contributed by atoms with van der Waals surface area (Å²) in [6.07, 6.45) is -0.882. The number of anilines is 2. The number of allylic oxidation sites excluding steroid dienone is 1. The molecule has 0 radical (unpaired) electrons. The van der Waals surface area contributed by atoms with Crippen LogP contribution in [0.15, 0.2) is 84.1 Å². The number of fused-ring (bicyclic) bond motifs is 1. The van der Waals surface area contributed by atoms with E-state index in [1.807, 2.05) is 48.5 Å². The highest BCUT2D eigenvalue weighted by molar-refractivity contribution is 6.06. The maximum Gasteiger partial charge on any atom is 0.416 e. The first-order valence-electron chi connectivity index (χ1n) is 14.0. The van der Waals surface area contributed by atoms with Gasteiger partial charge >= 0.3 is 6.18 Å². The largest absolute Gasteiger partial charge is 0.497 e. The third-order valence-corrected chi connectivity index (χ3v) is 7.89. The van der Waals surface area contributed by atoms with Gasteiger partial charge in [0.25, 0.3) is 0 Å². The van der Waals surface area contributed by atoms with E-state index in [0.717, 1.165) is 37.0 Å². The standard InChI is InChI=1S/C33H33F3N2O3/c1-3-4-5-10-30(40)38-28-9-7-6-8-26(28)37-27-19-23(21-11-15-24(16-12-21)33(34,35)36)20-29(39)31(27)32(38)22-13-17-25(41-2)18-14-22/h6-9,11-18,23,32,37H,3-5,10,19-20H2,1-2H3/t23-,32-/m0/s1. The molecule has 5 rings (SSSR count). The fraction of sp³-hybridized carbons (Fsp3) is 0.333. The number of para-hydroxylation sites is 2. The van der Waals surface area contributed by atoms with E-state index in [1.165, 1.54) is 12.1 Å². The second kappa shape index (κ2) is 11.8. The highest BCUT2D eigenvalue weighted by atomic mass is 19.4. The lowest BCUT2D eigenvalue weighted by Gasteiger charge is -2.35. The Kier molecular flexibility index (Phi) is 8.20. The lowest BCUT2D eigenvalue weighted by molar-refractivity contribution is -0.137. The van der Waals surface area contributed by atoms with Gasteiger partial charge in [0, 0.05) is 24.1 Å². The van der Waals surface area contributed by atoms with E-state index < -0.39 is 17.8 Å². The highest BCUT2D eigenvalue weighted by Crippen LogP contribution is 2.48. The zero-order valence-corrected chi connectivity index (χ0v) is 23.1. The molecular weight excluding hydrogens is 529 g/mol. The van der Waals surface area contributed by atoms with Gasteiger partial charge in [0.2, 0.25) is 5.91 Å². The molecule has 3 aromatic rings. The van der Waals surface area contributed by atoms with Gasteiger partial charge in [-0.1, -0.05) is 56.2 Å². The third-order valence-electron chi connectivity index (χ3n) is 7.89. The molecule has 1 aliphatic carbocycles. The second-order valence-electron chi connectivity index (χ2n) is 10.6. The van der Waals surface area contributed by atoms with E-state index in [9.17, 15) is 22.8 Å². The van der Waals surface area contributed by atoms with Gasteiger partial charge in [0.05, 0.1) is 30.1 Å². The number of alkyl halides is 3. The molecule has 5 nitrogen and oxygen atoms in total. The summed E-state index contributed by atoms with van der Waals surface area (Å²) in [5.74, 6) is 0.156. The summed E-state index contributed by atoms with van der Waals surface area (Å²) in [6.45, 7) is 2.08. The molecule has 0 aromatic heterocycles. The molecule has 2 aliphatic rings. The van der Waals surface area contributed by atoms with E-state index in [0.29, 0.717) is 46.8 Å². The van der Waals surface area contributed by atoms with Crippen molar-refractivity contribution in [3.8, 4) is 5.75 Å². The highest BCUT2D eigenvalue weighted by Gasteiger charge is 2.41. The van der Waals surface area contributed by atoms with Crippen molar-refractivity contribution in [1.29, 1.82) is 0 Å². The number of halogens is 3. The smallest absolute Gasteiger partial charge is 0.416 e. The number of amides is 1. The van der Waals surface area contributed by atoms with Gasteiger partial charge in [-0.2, -0.15) is 13.2 Å². The molecular formula is C33H33F3N2O3. The van der Waals surface area contributed by atoms with Crippen molar-refractivity contribution in [2.24, 2.45) is 0 Å². The first kappa shape index (κ1) is 28.5. The number of ketones is 1. The number of methoxy groups -OCH3 is 1. The van der Waals surface area contributed by atoms with Crippen LogP contribution in [0, 0.1) is 0 Å². The van der Waals surface area contributed by atoms with E-state index in [2.05, 4.69) is 12.2 Å². The van der Waals surface area contributed by atoms with Crippen LogP contribution in [0.3, 0.4) is 0 Å². The molecule has 1 heterocycles. The quantitative estimate of drug-likeness (QED) is 0.295. The van der Waals surface area contributed by atoms with Gasteiger partial charge in [-0.15, -0.1) is 0 Å². The number of ether oxygens (including phenoxy) is 1. The average Bonchev–Trinajstić information content (AvgIpc) is 3.11. The van der Waals surface area contributed by atoms with E-state index in [-0.39, 0.29) is 24.0 Å². The van der Waals surface area contributed by atoms with E-state index in [1.54, 1.807) is 12.0 Å². The predicted octanol–water partition coefficient (Wildman–Crippen LogP) is 8.19. The van der Waals surface area contributed by atoms with Gasteiger partial charge in [0.1, 0.15) is 5.75 Å².